The quantitative estimate of drug-likeness (QED) is 0.687. The molecule has 0 spiro atoms. The number of hydrogen-bond acceptors (Lipinski definition) is 3. The Morgan fingerprint density at radius 3 is 2.09 bits per heavy atom. The van der Waals surface area contributed by atoms with E-state index in [1.165, 1.54) is 0 Å². The van der Waals surface area contributed by atoms with Crippen molar-refractivity contribution >= 4 is 11.8 Å². The zero-order chi connectivity index (χ0) is 16.8. The van der Waals surface area contributed by atoms with E-state index in [9.17, 15) is 14.7 Å². The Balaban J connectivity index is 1.85. The Bertz CT molecular complexity index is 534. The van der Waals surface area contributed by atoms with Gasteiger partial charge in [-0.05, 0) is 43.0 Å². The molecule has 0 bridgehead atoms. The van der Waals surface area contributed by atoms with Crippen LogP contribution in [0.1, 0.15) is 60.2 Å². The molecule has 0 radical (unpaired) electrons. The van der Waals surface area contributed by atoms with Gasteiger partial charge in [0.1, 0.15) is 0 Å². The van der Waals surface area contributed by atoms with E-state index in [1.54, 1.807) is 24.3 Å². The van der Waals surface area contributed by atoms with Crippen LogP contribution in [-0.4, -0.2) is 35.6 Å². The van der Waals surface area contributed by atoms with E-state index in [0.29, 0.717) is 17.2 Å². The lowest BCUT2D eigenvalue weighted by molar-refractivity contribution is 0.0816. The summed E-state index contributed by atoms with van der Waals surface area (Å²) in [6, 6.07) is 6.91. The van der Waals surface area contributed by atoms with Gasteiger partial charge in [0.25, 0.3) is 11.8 Å². The summed E-state index contributed by atoms with van der Waals surface area (Å²) < 4.78 is 0. The molecule has 0 aliphatic heterocycles. The highest BCUT2D eigenvalue weighted by molar-refractivity contribution is 5.98. The van der Waals surface area contributed by atoms with Crippen LogP contribution in [0.3, 0.4) is 0 Å². The molecular formula is C18H26N2O3. The average molecular weight is 318 g/mol. The van der Waals surface area contributed by atoms with Gasteiger partial charge < -0.3 is 15.7 Å². The first kappa shape index (κ1) is 17.5. The lowest BCUT2D eigenvalue weighted by Gasteiger charge is -2.20. The van der Waals surface area contributed by atoms with Crippen LogP contribution < -0.4 is 10.6 Å². The molecule has 23 heavy (non-hydrogen) atoms. The molecule has 1 aliphatic carbocycles. The average Bonchev–Trinajstić information content (AvgIpc) is 3.37. The van der Waals surface area contributed by atoms with Crippen molar-refractivity contribution < 1.29 is 14.7 Å². The molecule has 3 N–H and O–H groups in total. The third-order valence-electron chi connectivity index (χ3n) is 4.39. The van der Waals surface area contributed by atoms with Gasteiger partial charge in [-0.1, -0.05) is 26.7 Å². The predicted molar refractivity (Wildman–Crippen MR) is 89.3 cm³/mol. The van der Waals surface area contributed by atoms with Crippen LogP contribution in [0, 0.1) is 5.92 Å². The van der Waals surface area contributed by atoms with Crippen LogP contribution in [-0.2, 0) is 0 Å². The van der Waals surface area contributed by atoms with E-state index in [-0.39, 0.29) is 24.3 Å². The fraction of sp³-hybridized carbons (Fsp3) is 0.556. The Kier molecular flexibility index (Phi) is 6.16. The highest BCUT2D eigenvalue weighted by Gasteiger charge is 2.23. The maximum atomic E-state index is 12.1. The molecule has 0 heterocycles. The molecule has 1 saturated carbocycles. The molecule has 5 nitrogen and oxygen atoms in total. The van der Waals surface area contributed by atoms with Crippen molar-refractivity contribution in [1.82, 2.24) is 10.6 Å². The van der Waals surface area contributed by atoms with Gasteiger partial charge >= 0.3 is 0 Å². The van der Waals surface area contributed by atoms with Crippen LogP contribution in [0.5, 0.6) is 0 Å². The normalized spacial score (nSPS) is 15.3. The van der Waals surface area contributed by atoms with Crippen LogP contribution in [0.15, 0.2) is 24.3 Å². The highest BCUT2D eigenvalue weighted by atomic mass is 16.3. The molecule has 2 rings (SSSR count). The second-order valence-electron chi connectivity index (χ2n) is 6.18. The molecule has 1 aliphatic rings. The number of carbonyl (C=O) groups is 2. The number of carbonyl (C=O) groups excluding carboxylic acids is 2. The van der Waals surface area contributed by atoms with Crippen molar-refractivity contribution in [2.24, 2.45) is 5.92 Å². The van der Waals surface area contributed by atoms with Gasteiger partial charge in [0, 0.05) is 23.7 Å². The molecule has 1 atom stereocenters. The van der Waals surface area contributed by atoms with Gasteiger partial charge in [0.05, 0.1) is 6.10 Å². The van der Waals surface area contributed by atoms with Gasteiger partial charge in [-0.25, -0.2) is 0 Å². The molecule has 0 saturated heterocycles. The molecule has 1 aromatic rings. The van der Waals surface area contributed by atoms with Crippen molar-refractivity contribution in [2.75, 3.05) is 6.54 Å². The summed E-state index contributed by atoms with van der Waals surface area (Å²) in [6.45, 7) is 4.31. The molecule has 126 valence electrons. The summed E-state index contributed by atoms with van der Waals surface area (Å²) in [5.74, 6) is -0.128. The van der Waals surface area contributed by atoms with Crippen molar-refractivity contribution in [2.45, 2.75) is 51.7 Å². The fourth-order valence-corrected chi connectivity index (χ4v) is 2.57. The van der Waals surface area contributed by atoms with Crippen molar-refractivity contribution in [3.8, 4) is 0 Å². The second kappa shape index (κ2) is 8.11. The monoisotopic (exact) mass is 318 g/mol. The summed E-state index contributed by atoms with van der Waals surface area (Å²) in [7, 11) is 0. The summed E-state index contributed by atoms with van der Waals surface area (Å²) in [5, 5.41) is 15.7. The second-order valence-corrected chi connectivity index (χ2v) is 6.18. The van der Waals surface area contributed by atoms with E-state index >= 15 is 0 Å². The number of aliphatic hydroxyl groups is 1. The molecule has 1 fully saturated rings. The van der Waals surface area contributed by atoms with Crippen molar-refractivity contribution in [3.05, 3.63) is 35.4 Å². The minimum atomic E-state index is -0.530. The summed E-state index contributed by atoms with van der Waals surface area (Å²) in [6.07, 6.45) is 3.34. The van der Waals surface area contributed by atoms with Crippen LogP contribution in [0.4, 0.5) is 0 Å². The SMILES string of the molecule is CCC(CC)C(O)CNC(=O)c1ccc(C(=O)NC2CC2)cc1. The number of nitrogens with one attached hydrogen (secondary N) is 2. The van der Waals surface area contributed by atoms with Gasteiger partial charge in [-0.15, -0.1) is 0 Å². The van der Waals surface area contributed by atoms with Gasteiger partial charge in [0.2, 0.25) is 0 Å². The molecular weight excluding hydrogens is 292 g/mol. The van der Waals surface area contributed by atoms with Gasteiger partial charge in [0.15, 0.2) is 0 Å². The maximum absolute atomic E-state index is 12.1. The predicted octanol–water partition coefficient (Wildman–Crippen LogP) is 2.11. The smallest absolute Gasteiger partial charge is 0.251 e. The van der Waals surface area contributed by atoms with E-state index in [2.05, 4.69) is 10.6 Å². The minimum Gasteiger partial charge on any atom is -0.391 e. The third-order valence-corrected chi connectivity index (χ3v) is 4.39. The number of hydrogen-bond donors (Lipinski definition) is 3. The standard InChI is InChI=1S/C18H26N2O3/c1-3-12(4-2)16(21)11-19-17(22)13-5-7-14(8-6-13)18(23)20-15-9-10-15/h5-8,12,15-16,21H,3-4,9-11H2,1-2H3,(H,19,22)(H,20,23). The first-order chi connectivity index (χ1) is 11.0. The number of rotatable bonds is 8. The largest absolute Gasteiger partial charge is 0.391 e. The van der Waals surface area contributed by atoms with Crippen molar-refractivity contribution in [3.63, 3.8) is 0 Å². The lowest BCUT2D eigenvalue weighted by atomic mass is 9.96. The Hall–Kier alpha value is -1.88. The lowest BCUT2D eigenvalue weighted by Crippen LogP contribution is -2.36. The molecule has 0 aromatic heterocycles. The summed E-state index contributed by atoms with van der Waals surface area (Å²) >= 11 is 0. The Morgan fingerprint density at radius 2 is 1.61 bits per heavy atom. The zero-order valence-corrected chi connectivity index (χ0v) is 13.8. The Labute approximate surface area is 137 Å². The fourth-order valence-electron chi connectivity index (χ4n) is 2.57. The van der Waals surface area contributed by atoms with Gasteiger partial charge in [-0.2, -0.15) is 0 Å². The Morgan fingerprint density at radius 1 is 1.09 bits per heavy atom. The zero-order valence-electron chi connectivity index (χ0n) is 13.8. The number of benzene rings is 1. The van der Waals surface area contributed by atoms with Crippen LogP contribution in [0.25, 0.3) is 0 Å². The summed E-state index contributed by atoms with van der Waals surface area (Å²) in [5.41, 5.74) is 1.05. The minimum absolute atomic E-state index is 0.0939. The van der Waals surface area contributed by atoms with E-state index in [4.69, 9.17) is 0 Å². The topological polar surface area (TPSA) is 78.4 Å². The first-order valence-electron chi connectivity index (χ1n) is 8.42. The first-order valence-corrected chi connectivity index (χ1v) is 8.42. The van der Waals surface area contributed by atoms with E-state index in [0.717, 1.165) is 25.7 Å². The molecule has 5 heteroatoms. The van der Waals surface area contributed by atoms with E-state index < -0.39 is 6.10 Å². The third kappa shape index (κ3) is 5.06. The molecule has 1 unspecified atom stereocenters. The van der Waals surface area contributed by atoms with E-state index in [1.807, 2.05) is 13.8 Å². The summed E-state index contributed by atoms with van der Waals surface area (Å²) in [4.78, 5) is 24.0. The number of aliphatic hydroxyl groups excluding tert-OH is 1. The van der Waals surface area contributed by atoms with Crippen LogP contribution in [0.2, 0.25) is 0 Å². The molecule has 1 aromatic carbocycles. The van der Waals surface area contributed by atoms with Crippen LogP contribution >= 0.6 is 0 Å². The van der Waals surface area contributed by atoms with Crippen molar-refractivity contribution in [1.29, 1.82) is 0 Å². The number of amides is 2. The highest BCUT2D eigenvalue weighted by Crippen LogP contribution is 2.19. The molecule has 2 amide bonds. The van der Waals surface area contributed by atoms with Gasteiger partial charge in [-0.3, -0.25) is 9.59 Å². The maximum Gasteiger partial charge on any atom is 0.251 e.